The van der Waals surface area contributed by atoms with E-state index in [1.807, 2.05) is 6.07 Å². The van der Waals surface area contributed by atoms with Crippen LogP contribution < -0.4 is 5.32 Å². The van der Waals surface area contributed by atoms with Crippen molar-refractivity contribution in [2.75, 3.05) is 6.61 Å². The van der Waals surface area contributed by atoms with Crippen molar-refractivity contribution in [3.05, 3.63) is 18.0 Å². The molecule has 2 N–H and O–H groups in total. The summed E-state index contributed by atoms with van der Waals surface area (Å²) in [5.41, 5.74) is 0.899. The molecule has 0 bridgehead atoms. The second kappa shape index (κ2) is 4.23. The molecule has 0 aromatic carbocycles. The molecule has 0 saturated carbocycles. The Morgan fingerprint density at radius 1 is 1.79 bits per heavy atom. The Morgan fingerprint density at radius 3 is 3.36 bits per heavy atom. The van der Waals surface area contributed by atoms with Gasteiger partial charge in [-0.05, 0) is 18.9 Å². The lowest BCUT2D eigenvalue weighted by Gasteiger charge is -2.08. The van der Waals surface area contributed by atoms with Crippen molar-refractivity contribution >= 4 is 5.91 Å². The number of carbonyl (C=O) groups excluding carboxylic acids is 1. The Balaban J connectivity index is 1.77. The van der Waals surface area contributed by atoms with E-state index in [-0.39, 0.29) is 12.0 Å². The average molecular weight is 195 g/mol. The monoisotopic (exact) mass is 195 g/mol. The second-order valence-corrected chi connectivity index (χ2v) is 3.30. The summed E-state index contributed by atoms with van der Waals surface area (Å²) < 4.78 is 5.25. The molecule has 2 heterocycles. The maximum atomic E-state index is 11.5. The van der Waals surface area contributed by atoms with E-state index < -0.39 is 0 Å². The lowest BCUT2D eigenvalue weighted by atomic mass is 10.2. The van der Waals surface area contributed by atoms with Crippen LogP contribution in [0.3, 0.4) is 0 Å². The average Bonchev–Trinajstić information content (AvgIpc) is 2.87. The molecule has 14 heavy (non-hydrogen) atoms. The standard InChI is InChI=1S/C9H13N3O2/c13-9(8-2-1-5-14-8)10-6-7-3-4-11-12-7/h3-4,8H,1-2,5-6H2,(H,10,13)(H,11,12)/t8-/m0/s1. The molecular formula is C9H13N3O2. The van der Waals surface area contributed by atoms with Gasteiger partial charge >= 0.3 is 0 Å². The summed E-state index contributed by atoms with van der Waals surface area (Å²) in [6, 6.07) is 1.83. The van der Waals surface area contributed by atoms with E-state index >= 15 is 0 Å². The van der Waals surface area contributed by atoms with E-state index in [2.05, 4.69) is 15.5 Å². The Kier molecular flexibility index (Phi) is 2.78. The fourth-order valence-electron chi connectivity index (χ4n) is 1.46. The van der Waals surface area contributed by atoms with Crippen LogP contribution >= 0.6 is 0 Å². The van der Waals surface area contributed by atoms with E-state index in [9.17, 15) is 4.79 Å². The van der Waals surface area contributed by atoms with Gasteiger partial charge in [0.1, 0.15) is 6.10 Å². The summed E-state index contributed by atoms with van der Waals surface area (Å²) in [6.45, 7) is 1.18. The molecule has 5 heteroatoms. The van der Waals surface area contributed by atoms with Crippen molar-refractivity contribution in [3.8, 4) is 0 Å². The summed E-state index contributed by atoms with van der Waals surface area (Å²) in [7, 11) is 0. The largest absolute Gasteiger partial charge is 0.368 e. The van der Waals surface area contributed by atoms with Gasteiger partial charge in [-0.25, -0.2) is 0 Å². The Labute approximate surface area is 81.8 Å². The maximum Gasteiger partial charge on any atom is 0.249 e. The Bertz CT molecular complexity index is 291. The van der Waals surface area contributed by atoms with Gasteiger partial charge in [-0.2, -0.15) is 5.10 Å². The van der Waals surface area contributed by atoms with E-state index in [0.717, 1.165) is 18.5 Å². The molecular weight excluding hydrogens is 182 g/mol. The highest BCUT2D eigenvalue weighted by atomic mass is 16.5. The van der Waals surface area contributed by atoms with Crippen molar-refractivity contribution in [1.82, 2.24) is 15.5 Å². The van der Waals surface area contributed by atoms with Crippen LogP contribution in [-0.2, 0) is 16.1 Å². The quantitative estimate of drug-likeness (QED) is 0.724. The van der Waals surface area contributed by atoms with Gasteiger partial charge in [-0.1, -0.05) is 0 Å². The fourth-order valence-corrected chi connectivity index (χ4v) is 1.46. The molecule has 0 radical (unpaired) electrons. The van der Waals surface area contributed by atoms with E-state index in [0.29, 0.717) is 13.2 Å². The highest BCUT2D eigenvalue weighted by Gasteiger charge is 2.22. The third-order valence-electron chi connectivity index (χ3n) is 2.23. The van der Waals surface area contributed by atoms with Crippen molar-refractivity contribution in [3.63, 3.8) is 0 Å². The van der Waals surface area contributed by atoms with E-state index in [4.69, 9.17) is 4.74 Å². The highest BCUT2D eigenvalue weighted by molar-refractivity contribution is 5.80. The van der Waals surface area contributed by atoms with E-state index in [1.165, 1.54) is 0 Å². The van der Waals surface area contributed by atoms with Gasteiger partial charge in [0.2, 0.25) is 5.91 Å². The van der Waals surface area contributed by atoms with Crippen molar-refractivity contribution in [2.24, 2.45) is 0 Å². The number of ether oxygens (including phenoxy) is 1. The minimum atomic E-state index is -0.252. The van der Waals surface area contributed by atoms with Crippen LogP contribution in [-0.4, -0.2) is 28.8 Å². The number of nitrogens with one attached hydrogen (secondary N) is 2. The first-order chi connectivity index (χ1) is 6.86. The molecule has 2 rings (SSSR count). The van der Waals surface area contributed by atoms with Gasteiger partial charge in [0.15, 0.2) is 0 Å². The predicted octanol–water partition coefficient (Wildman–Crippen LogP) is 0.205. The van der Waals surface area contributed by atoms with Crippen LogP contribution in [0.4, 0.5) is 0 Å². The first-order valence-electron chi connectivity index (χ1n) is 4.74. The molecule has 1 aromatic rings. The van der Waals surface area contributed by atoms with Gasteiger partial charge in [0.05, 0.1) is 12.2 Å². The number of rotatable bonds is 3. The third-order valence-corrected chi connectivity index (χ3v) is 2.23. The van der Waals surface area contributed by atoms with Crippen LogP contribution in [0.2, 0.25) is 0 Å². The smallest absolute Gasteiger partial charge is 0.249 e. The van der Waals surface area contributed by atoms with Gasteiger partial charge in [0.25, 0.3) is 0 Å². The molecule has 5 nitrogen and oxygen atoms in total. The molecule has 0 spiro atoms. The van der Waals surface area contributed by atoms with Gasteiger partial charge in [-0.3, -0.25) is 9.89 Å². The van der Waals surface area contributed by atoms with Crippen LogP contribution in [0.5, 0.6) is 0 Å². The van der Waals surface area contributed by atoms with Crippen LogP contribution in [0.15, 0.2) is 12.3 Å². The molecule has 76 valence electrons. The molecule has 0 aliphatic carbocycles. The van der Waals surface area contributed by atoms with Crippen LogP contribution in [0, 0.1) is 0 Å². The van der Waals surface area contributed by atoms with Crippen LogP contribution in [0.25, 0.3) is 0 Å². The fraction of sp³-hybridized carbons (Fsp3) is 0.556. The maximum absolute atomic E-state index is 11.5. The Morgan fingerprint density at radius 2 is 2.71 bits per heavy atom. The zero-order valence-electron chi connectivity index (χ0n) is 7.82. The highest BCUT2D eigenvalue weighted by Crippen LogP contribution is 2.11. The molecule has 1 saturated heterocycles. The summed E-state index contributed by atoms with van der Waals surface area (Å²) in [5.74, 6) is -0.0305. The molecule has 1 aliphatic rings. The zero-order chi connectivity index (χ0) is 9.80. The summed E-state index contributed by atoms with van der Waals surface area (Å²) >= 11 is 0. The zero-order valence-corrected chi connectivity index (χ0v) is 7.82. The number of H-pyrrole nitrogens is 1. The Hall–Kier alpha value is -1.36. The minimum Gasteiger partial charge on any atom is -0.368 e. The van der Waals surface area contributed by atoms with Crippen molar-refractivity contribution < 1.29 is 9.53 Å². The number of carbonyl (C=O) groups is 1. The SMILES string of the molecule is O=C(NCc1ccn[nH]1)[C@@H]1CCCO1. The first-order valence-corrected chi connectivity index (χ1v) is 4.74. The van der Waals surface area contributed by atoms with Gasteiger partial charge in [-0.15, -0.1) is 0 Å². The summed E-state index contributed by atoms with van der Waals surface area (Å²) in [4.78, 5) is 11.5. The molecule has 0 unspecified atom stereocenters. The number of amides is 1. The van der Waals surface area contributed by atoms with Gasteiger partial charge < -0.3 is 10.1 Å². The lowest BCUT2D eigenvalue weighted by molar-refractivity contribution is -0.130. The molecule has 1 fully saturated rings. The predicted molar refractivity (Wildman–Crippen MR) is 49.4 cm³/mol. The topological polar surface area (TPSA) is 67.0 Å². The number of aromatic nitrogens is 2. The first kappa shape index (κ1) is 9.21. The van der Waals surface area contributed by atoms with E-state index in [1.54, 1.807) is 6.20 Å². The number of hydrogen-bond donors (Lipinski definition) is 2. The lowest BCUT2D eigenvalue weighted by Crippen LogP contribution is -2.33. The van der Waals surface area contributed by atoms with Gasteiger partial charge in [0, 0.05) is 12.8 Å². The number of aromatic amines is 1. The molecule has 1 atom stereocenters. The van der Waals surface area contributed by atoms with Crippen LogP contribution in [0.1, 0.15) is 18.5 Å². The molecule has 1 aliphatic heterocycles. The third kappa shape index (κ3) is 2.11. The minimum absolute atomic E-state index is 0.0305. The normalized spacial score (nSPS) is 21.0. The summed E-state index contributed by atoms with van der Waals surface area (Å²) in [6.07, 6.45) is 3.21. The summed E-state index contributed by atoms with van der Waals surface area (Å²) in [5, 5.41) is 9.36. The molecule has 1 aromatic heterocycles. The van der Waals surface area contributed by atoms with Crippen molar-refractivity contribution in [1.29, 1.82) is 0 Å². The van der Waals surface area contributed by atoms with Crippen molar-refractivity contribution in [2.45, 2.75) is 25.5 Å². The number of nitrogens with zero attached hydrogens (tertiary/aromatic N) is 1. The molecule has 1 amide bonds. The second-order valence-electron chi connectivity index (χ2n) is 3.30. The number of hydrogen-bond acceptors (Lipinski definition) is 3.